The van der Waals surface area contributed by atoms with Gasteiger partial charge in [-0.3, -0.25) is 24.3 Å². The number of nitro groups is 1. The fourth-order valence-electron chi connectivity index (χ4n) is 3.43. The van der Waals surface area contributed by atoms with Crippen LogP contribution in [0.1, 0.15) is 33.2 Å². The summed E-state index contributed by atoms with van der Waals surface area (Å²) in [7, 11) is 0. The van der Waals surface area contributed by atoms with E-state index in [-0.39, 0.29) is 23.2 Å². The standard InChI is InChI=1S/C19H19FN6O4S/c1-19(2,3)25-16-12(8-21-25)17(28)24-11(9-31-18(24)23-16)7-15(27)22-10-4-5-13(20)14(6-10)26(29)30/h4-6,8,11H,7,9H2,1-3H3,(H,22,27). The SMILES string of the molecule is CC(C)(C)n1ncc2c(=O)n3c(nc21)SCC3CC(=O)Nc1ccc(F)c([N+](=O)[O-])c1. The topological polar surface area (TPSA) is 125 Å². The van der Waals surface area contributed by atoms with Gasteiger partial charge in [-0.05, 0) is 32.9 Å². The molecule has 0 saturated heterocycles. The third-order valence-electron chi connectivity index (χ3n) is 4.85. The monoisotopic (exact) mass is 446 g/mol. The molecule has 1 N–H and O–H groups in total. The maximum Gasteiger partial charge on any atom is 0.306 e. The first-order valence-corrected chi connectivity index (χ1v) is 10.4. The van der Waals surface area contributed by atoms with Crippen molar-refractivity contribution < 1.29 is 14.1 Å². The van der Waals surface area contributed by atoms with Crippen LogP contribution in [0.15, 0.2) is 34.3 Å². The maximum atomic E-state index is 13.5. The molecule has 4 rings (SSSR count). The van der Waals surface area contributed by atoms with Gasteiger partial charge in [-0.15, -0.1) is 0 Å². The van der Waals surface area contributed by atoms with E-state index in [0.717, 1.165) is 12.1 Å². The van der Waals surface area contributed by atoms with Crippen molar-refractivity contribution >= 4 is 40.1 Å². The third kappa shape index (κ3) is 3.78. The molecule has 1 unspecified atom stereocenters. The predicted molar refractivity (Wildman–Crippen MR) is 113 cm³/mol. The molecule has 1 aromatic carbocycles. The fourth-order valence-corrected chi connectivity index (χ4v) is 4.56. The number of amides is 1. The van der Waals surface area contributed by atoms with Gasteiger partial charge in [0, 0.05) is 23.9 Å². The van der Waals surface area contributed by atoms with Crippen LogP contribution in [0.2, 0.25) is 0 Å². The van der Waals surface area contributed by atoms with Crippen LogP contribution in [-0.4, -0.2) is 35.9 Å². The zero-order valence-electron chi connectivity index (χ0n) is 17.0. The van der Waals surface area contributed by atoms with Crippen LogP contribution in [0.25, 0.3) is 11.0 Å². The third-order valence-corrected chi connectivity index (χ3v) is 5.95. The number of hydrogen-bond acceptors (Lipinski definition) is 7. The number of fused-ring (bicyclic) bond motifs is 2. The average Bonchev–Trinajstić information content (AvgIpc) is 3.28. The Morgan fingerprint density at radius 3 is 2.84 bits per heavy atom. The Kier molecular flexibility index (Phi) is 5.04. The molecule has 10 nitrogen and oxygen atoms in total. The smallest absolute Gasteiger partial charge is 0.306 e. The van der Waals surface area contributed by atoms with E-state index in [1.165, 1.54) is 28.6 Å². The van der Waals surface area contributed by atoms with Crippen molar-refractivity contribution in [2.45, 2.75) is 43.9 Å². The molecule has 0 aliphatic carbocycles. The summed E-state index contributed by atoms with van der Waals surface area (Å²) in [5, 5.41) is 18.6. The largest absolute Gasteiger partial charge is 0.326 e. The molecule has 1 aliphatic rings. The quantitative estimate of drug-likeness (QED) is 0.371. The molecule has 1 amide bonds. The number of nitrogens with zero attached hydrogens (tertiary/aromatic N) is 5. The van der Waals surface area contributed by atoms with Gasteiger partial charge in [0.1, 0.15) is 5.39 Å². The molecular weight excluding hydrogens is 427 g/mol. The molecular formula is C19H19FN6O4S. The van der Waals surface area contributed by atoms with E-state index in [9.17, 15) is 24.1 Å². The lowest BCUT2D eigenvalue weighted by molar-refractivity contribution is -0.387. The number of nitrogens with one attached hydrogen (secondary N) is 1. The lowest BCUT2D eigenvalue weighted by Crippen LogP contribution is -2.29. The van der Waals surface area contributed by atoms with Crippen molar-refractivity contribution in [1.82, 2.24) is 19.3 Å². The van der Waals surface area contributed by atoms with Crippen LogP contribution in [0.5, 0.6) is 0 Å². The Morgan fingerprint density at radius 1 is 1.42 bits per heavy atom. The van der Waals surface area contributed by atoms with Crippen molar-refractivity contribution in [2.75, 3.05) is 11.1 Å². The molecule has 0 saturated carbocycles. The second-order valence-corrected chi connectivity index (χ2v) is 9.16. The van der Waals surface area contributed by atoms with Gasteiger partial charge in [-0.1, -0.05) is 11.8 Å². The molecule has 3 aromatic rings. The summed E-state index contributed by atoms with van der Waals surface area (Å²) in [6.45, 7) is 5.89. The van der Waals surface area contributed by atoms with Crippen LogP contribution < -0.4 is 10.9 Å². The molecule has 1 atom stereocenters. The molecule has 1 aliphatic heterocycles. The number of benzene rings is 1. The first-order chi connectivity index (χ1) is 14.6. The number of aromatic nitrogens is 4. The summed E-state index contributed by atoms with van der Waals surface area (Å²) < 4.78 is 16.7. The normalized spacial score (nSPS) is 15.8. The Bertz CT molecular complexity index is 1280. The first kappa shape index (κ1) is 21.0. The van der Waals surface area contributed by atoms with Crippen LogP contribution in [0.3, 0.4) is 0 Å². The van der Waals surface area contributed by atoms with Crippen LogP contribution >= 0.6 is 11.8 Å². The summed E-state index contributed by atoms with van der Waals surface area (Å²) in [5.41, 5.74) is -0.731. The summed E-state index contributed by atoms with van der Waals surface area (Å²) in [5.74, 6) is -0.951. The highest BCUT2D eigenvalue weighted by Gasteiger charge is 2.30. The average molecular weight is 446 g/mol. The van der Waals surface area contributed by atoms with Crippen LogP contribution in [-0.2, 0) is 10.3 Å². The number of rotatable bonds is 4. The van der Waals surface area contributed by atoms with Crippen LogP contribution in [0.4, 0.5) is 15.8 Å². The number of hydrogen-bond donors (Lipinski definition) is 1. The minimum Gasteiger partial charge on any atom is -0.326 e. The molecule has 0 radical (unpaired) electrons. The van der Waals surface area contributed by atoms with Gasteiger partial charge in [0.2, 0.25) is 11.7 Å². The Balaban J connectivity index is 1.59. The highest BCUT2D eigenvalue weighted by atomic mass is 32.2. The maximum absolute atomic E-state index is 13.5. The molecule has 31 heavy (non-hydrogen) atoms. The number of nitro benzene ring substituents is 1. The second-order valence-electron chi connectivity index (χ2n) is 8.17. The van der Waals surface area contributed by atoms with E-state index >= 15 is 0 Å². The van der Waals surface area contributed by atoms with E-state index in [1.807, 2.05) is 20.8 Å². The number of carbonyl (C=O) groups is 1. The lowest BCUT2D eigenvalue weighted by Gasteiger charge is -2.20. The fraction of sp³-hybridized carbons (Fsp3) is 0.368. The summed E-state index contributed by atoms with van der Waals surface area (Å²) in [6, 6.07) is 2.70. The Hall–Kier alpha value is -3.28. The lowest BCUT2D eigenvalue weighted by atomic mass is 10.1. The van der Waals surface area contributed by atoms with E-state index in [2.05, 4.69) is 15.4 Å². The van der Waals surface area contributed by atoms with Gasteiger partial charge in [0.15, 0.2) is 10.8 Å². The first-order valence-electron chi connectivity index (χ1n) is 9.43. The predicted octanol–water partition coefficient (Wildman–Crippen LogP) is 3.07. The Labute approximate surface area is 179 Å². The molecule has 12 heteroatoms. The van der Waals surface area contributed by atoms with Crippen molar-refractivity contribution in [3.8, 4) is 0 Å². The Morgan fingerprint density at radius 2 is 2.16 bits per heavy atom. The van der Waals surface area contributed by atoms with Gasteiger partial charge >= 0.3 is 5.69 Å². The van der Waals surface area contributed by atoms with Crippen LogP contribution in [0, 0.1) is 15.9 Å². The van der Waals surface area contributed by atoms with E-state index in [1.54, 1.807) is 4.68 Å². The van der Waals surface area contributed by atoms with Gasteiger partial charge in [0.05, 0.1) is 22.7 Å². The molecule has 3 heterocycles. The second kappa shape index (κ2) is 7.45. The van der Waals surface area contributed by atoms with Gasteiger partial charge < -0.3 is 5.32 Å². The van der Waals surface area contributed by atoms with Crippen molar-refractivity contribution in [1.29, 1.82) is 0 Å². The zero-order chi connectivity index (χ0) is 22.5. The zero-order valence-corrected chi connectivity index (χ0v) is 17.8. The van der Waals surface area contributed by atoms with Gasteiger partial charge in [-0.25, -0.2) is 9.67 Å². The number of halogens is 1. The highest BCUT2D eigenvalue weighted by molar-refractivity contribution is 7.99. The van der Waals surface area contributed by atoms with E-state index < -0.39 is 28.4 Å². The van der Waals surface area contributed by atoms with Gasteiger partial charge in [-0.2, -0.15) is 9.49 Å². The minimum atomic E-state index is -0.985. The highest BCUT2D eigenvalue weighted by Crippen LogP contribution is 2.34. The minimum absolute atomic E-state index is 0.0360. The molecule has 2 aromatic heterocycles. The molecule has 162 valence electrons. The van der Waals surface area contributed by atoms with E-state index in [0.29, 0.717) is 21.9 Å². The molecule has 0 fully saturated rings. The summed E-state index contributed by atoms with van der Waals surface area (Å²) in [4.78, 5) is 40.2. The van der Waals surface area contributed by atoms with Crippen molar-refractivity contribution in [3.05, 3.63) is 50.7 Å². The number of thioether (sulfide) groups is 1. The van der Waals surface area contributed by atoms with E-state index in [4.69, 9.17) is 0 Å². The molecule has 0 bridgehead atoms. The van der Waals surface area contributed by atoms with Crippen molar-refractivity contribution in [3.63, 3.8) is 0 Å². The van der Waals surface area contributed by atoms with Crippen molar-refractivity contribution in [2.24, 2.45) is 0 Å². The number of carbonyl (C=O) groups excluding carboxylic acids is 1. The molecule has 0 spiro atoms. The summed E-state index contributed by atoms with van der Waals surface area (Å²) in [6.07, 6.45) is 1.45. The van der Waals surface area contributed by atoms with Gasteiger partial charge in [0.25, 0.3) is 5.56 Å². The number of anilines is 1. The summed E-state index contributed by atoms with van der Waals surface area (Å²) >= 11 is 1.38.